The Hall–Kier alpha value is -2.99. The van der Waals surface area contributed by atoms with Gasteiger partial charge in [-0.05, 0) is 23.8 Å². The average Bonchev–Trinajstić information content (AvgIpc) is 3.11. The van der Waals surface area contributed by atoms with Gasteiger partial charge in [0.2, 0.25) is 6.79 Å². The van der Waals surface area contributed by atoms with E-state index < -0.39 is 0 Å². The van der Waals surface area contributed by atoms with E-state index in [1.807, 2.05) is 30.5 Å². The van der Waals surface area contributed by atoms with Crippen molar-refractivity contribution in [3.05, 3.63) is 53.6 Å². The summed E-state index contributed by atoms with van der Waals surface area (Å²) in [5.74, 6) is 2.90. The maximum absolute atomic E-state index is 5.95. The van der Waals surface area contributed by atoms with Gasteiger partial charge in [-0.15, -0.1) is 0 Å². The summed E-state index contributed by atoms with van der Waals surface area (Å²) in [7, 11) is 3.29. The lowest BCUT2D eigenvalue weighted by Crippen LogP contribution is -2.18. The molecule has 0 spiro atoms. The first-order valence-electron chi connectivity index (χ1n) is 7.88. The second-order valence-electron chi connectivity index (χ2n) is 5.90. The number of aromatic nitrogens is 1. The quantitative estimate of drug-likeness (QED) is 0.839. The van der Waals surface area contributed by atoms with Gasteiger partial charge in [0.05, 0.1) is 18.9 Å². The predicted octanol–water partition coefficient (Wildman–Crippen LogP) is 3.18. The summed E-state index contributed by atoms with van der Waals surface area (Å²) in [6, 6.07) is 3.78. The van der Waals surface area contributed by atoms with Crippen molar-refractivity contribution in [1.82, 2.24) is 4.98 Å². The highest BCUT2D eigenvalue weighted by Crippen LogP contribution is 2.45. The third-order valence-corrected chi connectivity index (χ3v) is 4.60. The molecule has 1 aromatic heterocycles. The zero-order valence-electron chi connectivity index (χ0n) is 13.7. The van der Waals surface area contributed by atoms with Crippen LogP contribution in [0.5, 0.6) is 17.2 Å². The van der Waals surface area contributed by atoms with Crippen LogP contribution in [0.3, 0.4) is 0 Å². The van der Waals surface area contributed by atoms with Crippen LogP contribution in [0.15, 0.2) is 48.1 Å². The Morgan fingerprint density at radius 2 is 2.00 bits per heavy atom. The molecule has 0 N–H and O–H groups in total. The Kier molecular flexibility index (Phi) is 3.02. The minimum absolute atomic E-state index is 0.226. The molecular weight excluding hydrogens is 322 g/mol. The topological polar surface area (TPSA) is 59.0 Å². The highest BCUT2D eigenvalue weighted by Gasteiger charge is 2.28. The number of pyridine rings is 1. The molecule has 1 aliphatic carbocycles. The van der Waals surface area contributed by atoms with Crippen molar-refractivity contribution in [3.63, 3.8) is 0 Å². The molecule has 6 heteroatoms. The van der Waals surface area contributed by atoms with E-state index in [4.69, 9.17) is 23.7 Å². The second kappa shape index (κ2) is 5.26. The van der Waals surface area contributed by atoms with E-state index in [-0.39, 0.29) is 12.9 Å². The molecular formula is C19H15NO5. The van der Waals surface area contributed by atoms with Gasteiger partial charge in [-0.2, -0.15) is 0 Å². The summed E-state index contributed by atoms with van der Waals surface area (Å²) < 4.78 is 27.8. The third-order valence-electron chi connectivity index (χ3n) is 4.60. The van der Waals surface area contributed by atoms with Gasteiger partial charge < -0.3 is 23.7 Å². The van der Waals surface area contributed by atoms with E-state index in [1.165, 1.54) is 0 Å². The normalized spacial score (nSPS) is 20.1. The summed E-state index contributed by atoms with van der Waals surface area (Å²) in [5, 5.41) is 0.883. The summed E-state index contributed by atoms with van der Waals surface area (Å²) in [6.07, 6.45) is 7.25. The molecule has 0 fully saturated rings. The maximum Gasteiger partial charge on any atom is 0.231 e. The van der Waals surface area contributed by atoms with Crippen LogP contribution in [0.1, 0.15) is 5.56 Å². The molecule has 0 radical (unpaired) electrons. The number of rotatable bonds is 2. The van der Waals surface area contributed by atoms with Gasteiger partial charge >= 0.3 is 0 Å². The summed E-state index contributed by atoms with van der Waals surface area (Å²) >= 11 is 0. The summed E-state index contributed by atoms with van der Waals surface area (Å²) in [5.41, 5.74) is 3.66. The van der Waals surface area contributed by atoms with Crippen LogP contribution >= 0.6 is 0 Å². The van der Waals surface area contributed by atoms with Crippen molar-refractivity contribution in [2.24, 2.45) is 0 Å². The van der Waals surface area contributed by atoms with E-state index in [9.17, 15) is 0 Å². The van der Waals surface area contributed by atoms with E-state index in [2.05, 4.69) is 4.98 Å². The average molecular weight is 337 g/mol. The predicted molar refractivity (Wildman–Crippen MR) is 90.4 cm³/mol. The monoisotopic (exact) mass is 337 g/mol. The molecule has 5 rings (SSSR count). The summed E-state index contributed by atoms with van der Waals surface area (Å²) in [4.78, 5) is 4.58. The standard InChI is InChI=1S/C19H15NO5/c1-21-15-3-10-8-23-19-12-5-17-18(25-9-24-17)6-14(12)20-7-13(19)11(10)4-16(15)22-2/h3-8,16H,9H2,1-2H3. The van der Waals surface area contributed by atoms with Crippen molar-refractivity contribution in [2.75, 3.05) is 21.0 Å². The first-order valence-corrected chi connectivity index (χ1v) is 7.88. The number of methoxy groups -OCH3 is 2. The molecule has 0 saturated carbocycles. The number of hydrogen-bond donors (Lipinski definition) is 0. The van der Waals surface area contributed by atoms with Crippen LogP contribution in [0.25, 0.3) is 16.5 Å². The lowest BCUT2D eigenvalue weighted by atomic mass is 9.90. The van der Waals surface area contributed by atoms with Gasteiger partial charge in [0.25, 0.3) is 0 Å². The van der Waals surface area contributed by atoms with Crippen LogP contribution in [0.2, 0.25) is 0 Å². The number of allylic oxidation sites excluding steroid dienone is 3. The van der Waals surface area contributed by atoms with Crippen LogP contribution in [-0.2, 0) is 9.47 Å². The lowest BCUT2D eigenvalue weighted by molar-refractivity contribution is 0.109. The van der Waals surface area contributed by atoms with Crippen LogP contribution < -0.4 is 14.2 Å². The Labute approximate surface area is 143 Å². The van der Waals surface area contributed by atoms with Crippen LogP contribution in [0, 0.1) is 0 Å². The van der Waals surface area contributed by atoms with Gasteiger partial charge in [0.15, 0.2) is 11.5 Å². The van der Waals surface area contributed by atoms with E-state index in [1.54, 1.807) is 20.5 Å². The molecule has 1 aromatic carbocycles. The van der Waals surface area contributed by atoms with Crippen molar-refractivity contribution >= 4 is 16.5 Å². The largest absolute Gasteiger partial charge is 0.498 e. The van der Waals surface area contributed by atoms with E-state index in [0.29, 0.717) is 11.5 Å². The van der Waals surface area contributed by atoms with Crippen molar-refractivity contribution in [1.29, 1.82) is 0 Å². The molecule has 3 aliphatic rings. The van der Waals surface area contributed by atoms with Gasteiger partial charge in [-0.3, -0.25) is 4.98 Å². The molecule has 0 saturated heterocycles. The molecule has 126 valence electrons. The molecule has 2 aromatic rings. The van der Waals surface area contributed by atoms with Gasteiger partial charge in [0.1, 0.15) is 17.6 Å². The lowest BCUT2D eigenvalue weighted by Gasteiger charge is -2.26. The minimum atomic E-state index is -0.240. The third kappa shape index (κ3) is 2.04. The summed E-state index contributed by atoms with van der Waals surface area (Å²) in [6.45, 7) is 0.226. The molecule has 1 unspecified atom stereocenters. The van der Waals surface area contributed by atoms with E-state index >= 15 is 0 Å². The molecule has 0 bridgehead atoms. The Morgan fingerprint density at radius 1 is 1.16 bits per heavy atom. The SMILES string of the molecule is COC1=CC2=COc3c(cnc4cc5c(cc34)OCO5)C2=CC1OC. The molecule has 6 nitrogen and oxygen atoms in total. The molecule has 1 atom stereocenters. The zero-order valence-corrected chi connectivity index (χ0v) is 13.7. The first-order chi connectivity index (χ1) is 12.3. The zero-order chi connectivity index (χ0) is 17.0. The second-order valence-corrected chi connectivity index (χ2v) is 5.90. The highest BCUT2D eigenvalue weighted by molar-refractivity contribution is 5.97. The molecule has 0 amide bonds. The number of hydrogen-bond acceptors (Lipinski definition) is 6. The molecule has 2 aliphatic heterocycles. The van der Waals surface area contributed by atoms with Gasteiger partial charge in [0, 0.05) is 35.9 Å². The fourth-order valence-electron chi connectivity index (χ4n) is 3.34. The Bertz CT molecular complexity index is 989. The number of nitrogens with zero attached hydrogens (tertiary/aromatic N) is 1. The smallest absolute Gasteiger partial charge is 0.231 e. The molecule has 25 heavy (non-hydrogen) atoms. The number of ether oxygens (including phenoxy) is 5. The highest BCUT2D eigenvalue weighted by atomic mass is 16.7. The fourth-order valence-corrected chi connectivity index (χ4v) is 3.34. The Balaban J connectivity index is 1.70. The maximum atomic E-state index is 5.95. The van der Waals surface area contributed by atoms with Gasteiger partial charge in [-0.1, -0.05) is 0 Å². The van der Waals surface area contributed by atoms with Crippen molar-refractivity contribution in [3.8, 4) is 17.2 Å². The number of benzene rings is 1. The molecule has 3 heterocycles. The van der Waals surface area contributed by atoms with Crippen LogP contribution in [-0.4, -0.2) is 32.1 Å². The van der Waals surface area contributed by atoms with E-state index in [0.717, 1.165) is 39.1 Å². The fraction of sp³-hybridized carbons (Fsp3) is 0.211. The number of fused-ring (bicyclic) bond motifs is 6. The minimum Gasteiger partial charge on any atom is -0.498 e. The van der Waals surface area contributed by atoms with Crippen molar-refractivity contribution in [2.45, 2.75) is 6.10 Å². The van der Waals surface area contributed by atoms with Crippen LogP contribution in [0.4, 0.5) is 0 Å². The van der Waals surface area contributed by atoms with Gasteiger partial charge in [-0.25, -0.2) is 0 Å². The Morgan fingerprint density at radius 3 is 2.80 bits per heavy atom. The van der Waals surface area contributed by atoms with Crippen molar-refractivity contribution < 1.29 is 23.7 Å². The first kappa shape index (κ1) is 14.4.